The van der Waals surface area contributed by atoms with E-state index < -0.39 is 12.0 Å². The SMILES string of the molecule is C[C@@H](N[C@@H](CCCCCCCc1ccc2c(n1)NCCC2)C(=O)O)c1ccccc1. The molecular formula is C25H35N3O2. The van der Waals surface area contributed by atoms with Crippen LogP contribution < -0.4 is 10.6 Å². The first-order chi connectivity index (χ1) is 14.6. The summed E-state index contributed by atoms with van der Waals surface area (Å²) in [7, 11) is 0. The van der Waals surface area contributed by atoms with Gasteiger partial charge >= 0.3 is 5.97 Å². The topological polar surface area (TPSA) is 74.2 Å². The Morgan fingerprint density at radius 3 is 2.67 bits per heavy atom. The quantitative estimate of drug-likeness (QED) is 0.424. The van der Waals surface area contributed by atoms with E-state index in [-0.39, 0.29) is 6.04 Å². The second kappa shape index (κ2) is 11.7. The number of rotatable bonds is 12. The number of anilines is 1. The number of aliphatic carboxylic acids is 1. The molecule has 1 aliphatic rings. The maximum atomic E-state index is 11.6. The zero-order valence-corrected chi connectivity index (χ0v) is 18.1. The fraction of sp³-hybridized carbons (Fsp3) is 0.520. The molecule has 2 atom stereocenters. The summed E-state index contributed by atoms with van der Waals surface area (Å²) in [6.07, 6.45) is 9.46. The molecule has 3 rings (SSSR count). The van der Waals surface area contributed by atoms with Gasteiger partial charge in [0.05, 0.1) is 0 Å². The normalized spacial score (nSPS) is 15.1. The third-order valence-electron chi connectivity index (χ3n) is 5.93. The molecule has 162 valence electrons. The maximum Gasteiger partial charge on any atom is 0.320 e. The molecule has 0 saturated heterocycles. The Balaban J connectivity index is 1.31. The molecule has 0 amide bonds. The largest absolute Gasteiger partial charge is 0.480 e. The van der Waals surface area contributed by atoms with Crippen LogP contribution in [0.25, 0.3) is 0 Å². The van der Waals surface area contributed by atoms with Crippen molar-refractivity contribution < 1.29 is 9.90 Å². The van der Waals surface area contributed by atoms with Crippen molar-refractivity contribution in [2.45, 2.75) is 76.8 Å². The van der Waals surface area contributed by atoms with Crippen LogP contribution in [0.2, 0.25) is 0 Å². The van der Waals surface area contributed by atoms with Gasteiger partial charge in [-0.2, -0.15) is 0 Å². The number of nitrogens with zero attached hydrogens (tertiary/aromatic N) is 1. The predicted molar refractivity (Wildman–Crippen MR) is 122 cm³/mol. The van der Waals surface area contributed by atoms with E-state index in [2.05, 4.69) is 22.8 Å². The van der Waals surface area contributed by atoms with E-state index in [9.17, 15) is 9.90 Å². The van der Waals surface area contributed by atoms with Crippen LogP contribution in [0.3, 0.4) is 0 Å². The van der Waals surface area contributed by atoms with Crippen molar-refractivity contribution in [3.8, 4) is 0 Å². The fourth-order valence-corrected chi connectivity index (χ4v) is 4.11. The predicted octanol–water partition coefficient (Wildman–Crippen LogP) is 5.13. The summed E-state index contributed by atoms with van der Waals surface area (Å²) in [5.41, 5.74) is 3.64. The molecule has 0 saturated carbocycles. The number of fused-ring (bicyclic) bond motifs is 1. The molecule has 0 bridgehead atoms. The van der Waals surface area contributed by atoms with Crippen LogP contribution in [-0.2, 0) is 17.6 Å². The third-order valence-corrected chi connectivity index (χ3v) is 5.93. The molecule has 5 nitrogen and oxygen atoms in total. The Bertz CT molecular complexity index is 794. The summed E-state index contributed by atoms with van der Waals surface area (Å²) in [5, 5.41) is 16.2. The minimum absolute atomic E-state index is 0.0332. The molecular weight excluding hydrogens is 374 g/mol. The van der Waals surface area contributed by atoms with E-state index in [4.69, 9.17) is 4.98 Å². The molecule has 0 unspecified atom stereocenters. The summed E-state index contributed by atoms with van der Waals surface area (Å²) in [4.78, 5) is 16.4. The highest BCUT2D eigenvalue weighted by Crippen LogP contribution is 2.21. The Hall–Kier alpha value is -2.40. The van der Waals surface area contributed by atoms with Crippen LogP contribution in [0.1, 0.15) is 74.7 Å². The van der Waals surface area contributed by atoms with Crippen molar-refractivity contribution in [3.63, 3.8) is 0 Å². The van der Waals surface area contributed by atoms with E-state index >= 15 is 0 Å². The summed E-state index contributed by atoms with van der Waals surface area (Å²) in [6.45, 7) is 3.05. The summed E-state index contributed by atoms with van der Waals surface area (Å²) >= 11 is 0. The van der Waals surface area contributed by atoms with E-state index in [1.165, 1.54) is 17.7 Å². The highest BCUT2D eigenvalue weighted by molar-refractivity contribution is 5.73. The monoisotopic (exact) mass is 409 g/mol. The number of pyridine rings is 1. The second-order valence-corrected chi connectivity index (χ2v) is 8.34. The lowest BCUT2D eigenvalue weighted by Gasteiger charge is -2.20. The molecule has 2 heterocycles. The lowest BCUT2D eigenvalue weighted by molar-refractivity contribution is -0.139. The van der Waals surface area contributed by atoms with Crippen molar-refractivity contribution >= 4 is 11.8 Å². The first kappa shape index (κ1) is 22.3. The van der Waals surface area contributed by atoms with Crippen LogP contribution >= 0.6 is 0 Å². The maximum absolute atomic E-state index is 11.6. The number of benzene rings is 1. The lowest BCUT2D eigenvalue weighted by atomic mass is 10.0. The van der Waals surface area contributed by atoms with Crippen LogP contribution in [-0.4, -0.2) is 28.6 Å². The minimum atomic E-state index is -0.759. The van der Waals surface area contributed by atoms with Crippen molar-refractivity contribution in [1.29, 1.82) is 0 Å². The van der Waals surface area contributed by atoms with Crippen LogP contribution in [0.4, 0.5) is 5.82 Å². The van der Waals surface area contributed by atoms with Gasteiger partial charge in [-0.05, 0) is 56.2 Å². The molecule has 0 aliphatic carbocycles. The van der Waals surface area contributed by atoms with Crippen LogP contribution in [0.15, 0.2) is 42.5 Å². The molecule has 0 radical (unpaired) electrons. The fourth-order valence-electron chi connectivity index (χ4n) is 4.11. The zero-order valence-electron chi connectivity index (χ0n) is 18.1. The molecule has 1 aliphatic heterocycles. The third kappa shape index (κ3) is 6.84. The van der Waals surface area contributed by atoms with E-state index in [1.807, 2.05) is 37.3 Å². The van der Waals surface area contributed by atoms with Crippen LogP contribution in [0.5, 0.6) is 0 Å². The van der Waals surface area contributed by atoms with E-state index in [1.54, 1.807) is 0 Å². The molecule has 0 fully saturated rings. The molecule has 1 aromatic heterocycles. The molecule has 0 spiro atoms. The molecule has 1 aromatic carbocycles. The Labute approximate surface area is 180 Å². The average Bonchev–Trinajstić information content (AvgIpc) is 2.77. The average molecular weight is 410 g/mol. The van der Waals surface area contributed by atoms with Crippen molar-refractivity contribution in [2.24, 2.45) is 0 Å². The first-order valence-electron chi connectivity index (χ1n) is 11.4. The zero-order chi connectivity index (χ0) is 21.2. The lowest BCUT2D eigenvalue weighted by Crippen LogP contribution is -2.38. The minimum Gasteiger partial charge on any atom is -0.480 e. The van der Waals surface area contributed by atoms with Gasteiger partial charge in [0.1, 0.15) is 11.9 Å². The van der Waals surface area contributed by atoms with Gasteiger partial charge in [-0.25, -0.2) is 4.98 Å². The van der Waals surface area contributed by atoms with Gasteiger partial charge < -0.3 is 10.4 Å². The number of aryl methyl sites for hydroxylation is 2. The van der Waals surface area contributed by atoms with Gasteiger partial charge in [0.15, 0.2) is 0 Å². The standard InChI is InChI=1S/C25H35N3O2/c1-19(20-11-6-5-7-12-20)27-23(25(29)30)15-9-4-2-3-8-14-22-17-16-21-13-10-18-26-24(21)28-22/h5-7,11-12,16-17,19,23,27H,2-4,8-10,13-15,18H2,1H3,(H,26,28)(H,29,30)/t19-,23+/m1/s1. The molecule has 2 aromatic rings. The molecule has 3 N–H and O–H groups in total. The number of carbonyl (C=O) groups is 1. The summed E-state index contributed by atoms with van der Waals surface area (Å²) < 4.78 is 0. The van der Waals surface area contributed by atoms with Gasteiger partial charge in [-0.15, -0.1) is 0 Å². The smallest absolute Gasteiger partial charge is 0.320 e. The van der Waals surface area contributed by atoms with Gasteiger partial charge in [0, 0.05) is 18.3 Å². The number of hydrogen-bond donors (Lipinski definition) is 3. The summed E-state index contributed by atoms with van der Waals surface area (Å²) in [5.74, 6) is 0.320. The Kier molecular flexibility index (Phi) is 8.69. The number of aromatic nitrogens is 1. The number of carboxylic acids is 1. The first-order valence-corrected chi connectivity index (χ1v) is 11.4. The number of hydrogen-bond acceptors (Lipinski definition) is 4. The molecule has 30 heavy (non-hydrogen) atoms. The highest BCUT2D eigenvalue weighted by atomic mass is 16.4. The van der Waals surface area contributed by atoms with Crippen LogP contribution in [0, 0.1) is 0 Å². The summed E-state index contributed by atoms with van der Waals surface area (Å²) in [6, 6.07) is 13.9. The molecule has 5 heteroatoms. The highest BCUT2D eigenvalue weighted by Gasteiger charge is 2.19. The van der Waals surface area contributed by atoms with Gasteiger partial charge in [-0.1, -0.05) is 62.1 Å². The number of nitrogens with one attached hydrogen (secondary N) is 2. The van der Waals surface area contributed by atoms with E-state index in [0.29, 0.717) is 6.42 Å². The second-order valence-electron chi connectivity index (χ2n) is 8.34. The Morgan fingerprint density at radius 1 is 1.10 bits per heavy atom. The van der Waals surface area contributed by atoms with Crippen molar-refractivity contribution in [1.82, 2.24) is 10.3 Å². The number of unbranched alkanes of at least 4 members (excludes halogenated alkanes) is 4. The van der Waals surface area contributed by atoms with Gasteiger partial charge in [0.2, 0.25) is 0 Å². The van der Waals surface area contributed by atoms with Gasteiger partial charge in [-0.3, -0.25) is 10.1 Å². The number of carboxylic acid groups (broad SMARTS) is 1. The van der Waals surface area contributed by atoms with Crippen molar-refractivity contribution in [2.75, 3.05) is 11.9 Å². The Morgan fingerprint density at radius 2 is 1.87 bits per heavy atom. The van der Waals surface area contributed by atoms with E-state index in [0.717, 1.165) is 62.9 Å². The van der Waals surface area contributed by atoms with Crippen molar-refractivity contribution in [3.05, 3.63) is 59.3 Å². The van der Waals surface area contributed by atoms with Gasteiger partial charge in [0.25, 0.3) is 0 Å².